The molecular weight excluding hydrogens is 332 g/mol. The summed E-state index contributed by atoms with van der Waals surface area (Å²) in [4.78, 5) is 17.4. The van der Waals surface area contributed by atoms with Crippen molar-refractivity contribution in [2.75, 3.05) is 12.4 Å². The quantitative estimate of drug-likeness (QED) is 0.408. The van der Waals surface area contributed by atoms with Gasteiger partial charge in [-0.25, -0.2) is 4.98 Å². The van der Waals surface area contributed by atoms with Gasteiger partial charge in [-0.3, -0.25) is 9.36 Å². The van der Waals surface area contributed by atoms with Crippen molar-refractivity contribution >= 4 is 34.3 Å². The number of ether oxygens (including phenoxy) is 1. The zero-order valence-corrected chi connectivity index (χ0v) is 14.9. The van der Waals surface area contributed by atoms with Crippen LogP contribution in [0.4, 0.5) is 0 Å². The van der Waals surface area contributed by atoms with Crippen molar-refractivity contribution < 1.29 is 4.74 Å². The van der Waals surface area contributed by atoms with Crippen LogP contribution in [0.5, 0.6) is 0 Å². The molecule has 1 aromatic heterocycles. The van der Waals surface area contributed by atoms with Crippen molar-refractivity contribution in [3.63, 3.8) is 0 Å². The Bertz CT molecular complexity index is 728. The number of hydrogen-bond acceptors (Lipinski definition) is 4. The number of hydrogen-bond donors (Lipinski definition) is 0. The minimum atomic E-state index is -0.00231. The number of rotatable bonds is 8. The fourth-order valence-electron chi connectivity index (χ4n) is 2.16. The fourth-order valence-corrected chi connectivity index (χ4v) is 3.18. The first-order chi connectivity index (χ1) is 11.1. The lowest BCUT2D eigenvalue weighted by Crippen LogP contribution is -2.24. The average Bonchev–Trinajstić information content (AvgIpc) is 2.53. The van der Waals surface area contributed by atoms with Crippen LogP contribution in [0.2, 0.25) is 0 Å². The first-order valence-corrected chi connectivity index (χ1v) is 9.05. The molecule has 2 aromatic rings. The highest BCUT2D eigenvalue weighted by atomic mass is 35.5. The number of benzene rings is 1. The molecule has 0 amide bonds. The molecule has 0 fully saturated rings. The minimum Gasteiger partial charge on any atom is -0.379 e. The number of fused-ring (bicyclic) bond motifs is 1. The van der Waals surface area contributed by atoms with E-state index < -0.39 is 0 Å². The van der Waals surface area contributed by atoms with E-state index >= 15 is 0 Å². The molecule has 6 heteroatoms. The van der Waals surface area contributed by atoms with E-state index in [1.165, 1.54) is 17.3 Å². The summed E-state index contributed by atoms with van der Waals surface area (Å²) in [6.45, 7) is 5.23. The molecule has 4 nitrogen and oxygen atoms in total. The molecule has 0 saturated carbocycles. The molecule has 0 bridgehead atoms. The Morgan fingerprint density at radius 1 is 1.39 bits per heavy atom. The number of aromatic nitrogens is 2. The summed E-state index contributed by atoms with van der Waals surface area (Å²) in [7, 11) is 0. The first-order valence-electron chi connectivity index (χ1n) is 7.62. The highest BCUT2D eigenvalue weighted by Gasteiger charge is 2.10. The number of halogens is 1. The fraction of sp³-hybridized carbons (Fsp3) is 0.412. The van der Waals surface area contributed by atoms with Gasteiger partial charge in [0.25, 0.3) is 5.56 Å². The van der Waals surface area contributed by atoms with Gasteiger partial charge in [-0.1, -0.05) is 41.6 Å². The van der Waals surface area contributed by atoms with Crippen LogP contribution in [0.25, 0.3) is 10.9 Å². The smallest absolute Gasteiger partial charge is 0.262 e. The van der Waals surface area contributed by atoms with Crippen molar-refractivity contribution in [2.24, 2.45) is 0 Å². The van der Waals surface area contributed by atoms with Gasteiger partial charge in [0.1, 0.15) is 0 Å². The topological polar surface area (TPSA) is 44.1 Å². The van der Waals surface area contributed by atoms with E-state index in [-0.39, 0.29) is 11.7 Å². The van der Waals surface area contributed by atoms with Gasteiger partial charge in [0, 0.05) is 24.4 Å². The summed E-state index contributed by atoms with van der Waals surface area (Å²) in [6.07, 6.45) is 2.81. The molecule has 1 aromatic carbocycles. The van der Waals surface area contributed by atoms with Crippen molar-refractivity contribution in [2.45, 2.75) is 38.1 Å². The molecule has 0 N–H and O–H groups in total. The largest absolute Gasteiger partial charge is 0.379 e. The predicted molar refractivity (Wildman–Crippen MR) is 97.4 cm³/mol. The lowest BCUT2D eigenvalue weighted by molar-refractivity contribution is 0.0743. The molecule has 0 aliphatic rings. The Hall–Kier alpha value is -1.30. The maximum Gasteiger partial charge on any atom is 0.262 e. The van der Waals surface area contributed by atoms with E-state index in [2.05, 4.69) is 4.98 Å². The Balaban J connectivity index is 2.27. The van der Waals surface area contributed by atoms with E-state index in [4.69, 9.17) is 16.3 Å². The van der Waals surface area contributed by atoms with Gasteiger partial charge in [-0.15, -0.1) is 0 Å². The standard InChI is InChI=1S/C17H21ClN2O2S/c1-13(2)22-11-6-10-20-16(21)14-7-3-4-8-15(14)19-17(20)23-12-5-9-18/h3-5,7-9,13H,6,10-12H2,1-2H3. The third kappa shape index (κ3) is 5.09. The van der Waals surface area contributed by atoms with Gasteiger partial charge in [-0.05, 0) is 32.4 Å². The maximum atomic E-state index is 12.7. The van der Waals surface area contributed by atoms with E-state index in [9.17, 15) is 4.79 Å². The summed E-state index contributed by atoms with van der Waals surface area (Å²) in [5.41, 5.74) is 2.20. The van der Waals surface area contributed by atoms with Gasteiger partial charge in [0.2, 0.25) is 0 Å². The summed E-state index contributed by atoms with van der Waals surface area (Å²) in [5, 5.41) is 1.36. The molecule has 124 valence electrons. The molecule has 2 rings (SSSR count). The Labute approximate surface area is 145 Å². The van der Waals surface area contributed by atoms with Gasteiger partial charge in [-0.2, -0.15) is 0 Å². The van der Waals surface area contributed by atoms with Crippen LogP contribution in [0.1, 0.15) is 20.3 Å². The molecular formula is C17H21ClN2O2S. The third-order valence-corrected chi connectivity index (χ3v) is 4.31. The lowest BCUT2D eigenvalue weighted by Gasteiger charge is -2.13. The molecule has 0 unspecified atom stereocenters. The summed E-state index contributed by atoms with van der Waals surface area (Å²) in [6, 6.07) is 7.44. The second-order valence-electron chi connectivity index (χ2n) is 5.31. The number of thioether (sulfide) groups is 1. The Morgan fingerprint density at radius 2 is 2.17 bits per heavy atom. The molecule has 0 spiro atoms. The van der Waals surface area contributed by atoms with E-state index in [0.717, 1.165) is 11.9 Å². The van der Waals surface area contributed by atoms with Crippen molar-refractivity contribution in [3.05, 3.63) is 46.2 Å². The van der Waals surface area contributed by atoms with Crippen LogP contribution in [0.3, 0.4) is 0 Å². The van der Waals surface area contributed by atoms with E-state index in [0.29, 0.717) is 29.4 Å². The summed E-state index contributed by atoms with van der Waals surface area (Å²) < 4.78 is 7.29. The zero-order chi connectivity index (χ0) is 16.7. The minimum absolute atomic E-state index is 0.00231. The van der Waals surface area contributed by atoms with Crippen LogP contribution < -0.4 is 5.56 Å². The van der Waals surface area contributed by atoms with Crippen LogP contribution in [-0.4, -0.2) is 28.0 Å². The summed E-state index contributed by atoms with van der Waals surface area (Å²) in [5.74, 6) is 0.677. The third-order valence-electron chi connectivity index (χ3n) is 3.20. The second-order valence-corrected chi connectivity index (χ2v) is 6.55. The van der Waals surface area contributed by atoms with Crippen molar-refractivity contribution in [1.82, 2.24) is 9.55 Å². The van der Waals surface area contributed by atoms with Crippen LogP contribution >= 0.6 is 23.4 Å². The number of para-hydroxylation sites is 1. The summed E-state index contributed by atoms with van der Waals surface area (Å²) >= 11 is 7.07. The monoisotopic (exact) mass is 352 g/mol. The van der Waals surface area contributed by atoms with Crippen LogP contribution in [0, 0.1) is 0 Å². The SMILES string of the molecule is CC(C)OCCCn1c(SCC=CCl)nc2ccccc2c1=O. The number of nitrogens with zero attached hydrogens (tertiary/aromatic N) is 2. The molecule has 1 heterocycles. The zero-order valence-electron chi connectivity index (χ0n) is 13.4. The van der Waals surface area contributed by atoms with Crippen molar-refractivity contribution in [3.8, 4) is 0 Å². The highest BCUT2D eigenvalue weighted by Crippen LogP contribution is 2.18. The van der Waals surface area contributed by atoms with E-state index in [1.54, 1.807) is 4.57 Å². The van der Waals surface area contributed by atoms with Gasteiger partial charge >= 0.3 is 0 Å². The second kappa shape index (κ2) is 9.11. The van der Waals surface area contributed by atoms with E-state index in [1.807, 2.05) is 44.2 Å². The molecule has 0 saturated heterocycles. The van der Waals surface area contributed by atoms with Crippen molar-refractivity contribution in [1.29, 1.82) is 0 Å². The van der Waals surface area contributed by atoms with Crippen LogP contribution in [0.15, 0.2) is 45.8 Å². The van der Waals surface area contributed by atoms with Crippen LogP contribution in [-0.2, 0) is 11.3 Å². The van der Waals surface area contributed by atoms with Gasteiger partial charge in [0.05, 0.1) is 17.0 Å². The van der Waals surface area contributed by atoms with Gasteiger partial charge < -0.3 is 4.74 Å². The Kier molecular flexibility index (Phi) is 7.15. The molecule has 0 atom stereocenters. The molecule has 0 aliphatic heterocycles. The maximum absolute atomic E-state index is 12.7. The Morgan fingerprint density at radius 3 is 2.91 bits per heavy atom. The highest BCUT2D eigenvalue weighted by molar-refractivity contribution is 7.99. The average molecular weight is 353 g/mol. The molecule has 0 aliphatic carbocycles. The predicted octanol–water partition coefficient (Wildman–Crippen LogP) is 4.06. The normalized spacial score (nSPS) is 11.8. The molecule has 23 heavy (non-hydrogen) atoms. The lowest BCUT2D eigenvalue weighted by atomic mass is 10.2. The first kappa shape index (κ1) is 18.0. The molecule has 0 radical (unpaired) electrons. The van der Waals surface area contributed by atoms with Gasteiger partial charge in [0.15, 0.2) is 5.16 Å².